The molecule has 0 aliphatic carbocycles. The highest BCUT2D eigenvalue weighted by Gasteiger charge is 2.20. The van der Waals surface area contributed by atoms with Crippen molar-refractivity contribution in [1.29, 1.82) is 0 Å². The maximum Gasteiger partial charge on any atom is 0.232 e. The van der Waals surface area contributed by atoms with Crippen LogP contribution in [0, 0.1) is 11.6 Å². The molecule has 22 heavy (non-hydrogen) atoms. The number of carbonyl (C=O) groups is 1. The Kier molecular flexibility index (Phi) is 5.44. The lowest BCUT2D eigenvalue weighted by molar-refractivity contribution is -0.117. The summed E-state index contributed by atoms with van der Waals surface area (Å²) in [5, 5.41) is 2.64. The Hall–Kier alpha value is -2.01. The van der Waals surface area contributed by atoms with Crippen molar-refractivity contribution in [3.8, 4) is 0 Å². The zero-order chi connectivity index (χ0) is 16.1. The van der Waals surface area contributed by atoms with Gasteiger partial charge in [0.15, 0.2) is 0 Å². The normalized spacial score (nSPS) is 11.8. The first-order valence-electron chi connectivity index (χ1n) is 6.63. The van der Waals surface area contributed by atoms with Gasteiger partial charge in [0.05, 0.1) is 10.4 Å². The maximum atomic E-state index is 13.5. The summed E-state index contributed by atoms with van der Waals surface area (Å²) in [6.07, 6.45) is 1.95. The molecule has 0 heterocycles. The van der Waals surface area contributed by atoms with E-state index in [2.05, 4.69) is 27.8 Å². The lowest BCUT2D eigenvalue weighted by atomic mass is 9.94. The first-order valence-corrected chi connectivity index (χ1v) is 7.43. The van der Waals surface area contributed by atoms with Gasteiger partial charge < -0.3 is 5.32 Å². The highest BCUT2D eigenvalue weighted by atomic mass is 79.9. The molecule has 5 heteroatoms. The molecule has 1 atom stereocenters. The van der Waals surface area contributed by atoms with Gasteiger partial charge in [-0.15, -0.1) is 6.58 Å². The summed E-state index contributed by atoms with van der Waals surface area (Å²) in [7, 11) is 0. The molecule has 1 N–H and O–H groups in total. The molecule has 1 unspecified atom stereocenters. The summed E-state index contributed by atoms with van der Waals surface area (Å²) < 4.78 is 27.2. The molecule has 1 amide bonds. The SMILES string of the molecule is C=CCC(C(=O)Nc1ccc(Br)c(F)c1)c1cccc(F)c1. The van der Waals surface area contributed by atoms with Crippen molar-refractivity contribution in [2.45, 2.75) is 12.3 Å². The van der Waals surface area contributed by atoms with Crippen LogP contribution in [0.4, 0.5) is 14.5 Å². The van der Waals surface area contributed by atoms with Gasteiger partial charge in [0.25, 0.3) is 0 Å². The fourth-order valence-electron chi connectivity index (χ4n) is 2.09. The quantitative estimate of drug-likeness (QED) is 0.740. The van der Waals surface area contributed by atoms with E-state index in [0.29, 0.717) is 22.1 Å². The van der Waals surface area contributed by atoms with E-state index in [9.17, 15) is 13.6 Å². The molecule has 0 radical (unpaired) electrons. The number of anilines is 1. The van der Waals surface area contributed by atoms with Crippen LogP contribution in [-0.2, 0) is 4.79 Å². The maximum absolute atomic E-state index is 13.5. The topological polar surface area (TPSA) is 29.1 Å². The lowest BCUT2D eigenvalue weighted by Gasteiger charge is -2.16. The second-order valence-corrected chi connectivity index (χ2v) is 5.60. The highest BCUT2D eigenvalue weighted by molar-refractivity contribution is 9.10. The molecular formula is C17H14BrF2NO. The van der Waals surface area contributed by atoms with Gasteiger partial charge in [0.2, 0.25) is 5.91 Å². The number of carbonyl (C=O) groups excluding carboxylic acids is 1. The van der Waals surface area contributed by atoms with Crippen molar-refractivity contribution in [1.82, 2.24) is 0 Å². The first-order chi connectivity index (χ1) is 10.5. The van der Waals surface area contributed by atoms with Gasteiger partial charge in [-0.05, 0) is 58.2 Å². The summed E-state index contributed by atoms with van der Waals surface area (Å²) in [6.45, 7) is 3.62. The average molecular weight is 366 g/mol. The molecule has 0 aliphatic heterocycles. The molecule has 2 rings (SSSR count). The van der Waals surface area contributed by atoms with Crippen molar-refractivity contribution in [3.05, 3.63) is 76.8 Å². The predicted octanol–water partition coefficient (Wildman–Crippen LogP) is 5.03. The van der Waals surface area contributed by atoms with Crippen LogP contribution < -0.4 is 5.32 Å². The van der Waals surface area contributed by atoms with Crippen LogP contribution in [-0.4, -0.2) is 5.91 Å². The fourth-order valence-corrected chi connectivity index (χ4v) is 2.33. The van der Waals surface area contributed by atoms with Gasteiger partial charge in [0.1, 0.15) is 11.6 Å². The number of rotatable bonds is 5. The van der Waals surface area contributed by atoms with Crippen LogP contribution in [0.1, 0.15) is 17.9 Å². The first kappa shape index (κ1) is 16.4. The third kappa shape index (κ3) is 4.01. The molecule has 0 aromatic heterocycles. The second kappa shape index (κ2) is 7.31. The monoisotopic (exact) mass is 365 g/mol. The zero-order valence-corrected chi connectivity index (χ0v) is 13.2. The van der Waals surface area contributed by atoms with Gasteiger partial charge in [-0.2, -0.15) is 0 Å². The molecule has 2 nitrogen and oxygen atoms in total. The number of benzene rings is 2. The van der Waals surface area contributed by atoms with E-state index in [1.165, 1.54) is 24.3 Å². The van der Waals surface area contributed by atoms with E-state index < -0.39 is 17.6 Å². The van der Waals surface area contributed by atoms with Gasteiger partial charge in [-0.3, -0.25) is 4.79 Å². The minimum Gasteiger partial charge on any atom is -0.325 e. The molecule has 0 saturated heterocycles. The zero-order valence-electron chi connectivity index (χ0n) is 11.7. The second-order valence-electron chi connectivity index (χ2n) is 4.75. The molecule has 0 bridgehead atoms. The Morgan fingerprint density at radius 3 is 2.68 bits per heavy atom. The van der Waals surface area contributed by atoms with Gasteiger partial charge in [-0.1, -0.05) is 18.2 Å². The average Bonchev–Trinajstić information content (AvgIpc) is 2.48. The van der Waals surface area contributed by atoms with Gasteiger partial charge >= 0.3 is 0 Å². The van der Waals surface area contributed by atoms with Gasteiger partial charge in [0, 0.05) is 5.69 Å². The minimum absolute atomic E-state index is 0.318. The fraction of sp³-hybridized carbons (Fsp3) is 0.118. The molecular weight excluding hydrogens is 352 g/mol. The van der Waals surface area contributed by atoms with Crippen molar-refractivity contribution in [2.24, 2.45) is 0 Å². The van der Waals surface area contributed by atoms with Crippen molar-refractivity contribution in [3.63, 3.8) is 0 Å². The Labute approximate surface area is 136 Å². The highest BCUT2D eigenvalue weighted by Crippen LogP contribution is 2.24. The van der Waals surface area contributed by atoms with Crippen LogP contribution >= 0.6 is 15.9 Å². The Morgan fingerprint density at radius 2 is 2.05 bits per heavy atom. The van der Waals surface area contributed by atoms with Crippen molar-refractivity contribution >= 4 is 27.5 Å². The molecule has 0 fully saturated rings. The van der Waals surface area contributed by atoms with E-state index in [-0.39, 0.29) is 5.91 Å². The molecule has 114 valence electrons. The van der Waals surface area contributed by atoms with Crippen LogP contribution in [0.15, 0.2) is 59.6 Å². The molecule has 2 aromatic rings. The Morgan fingerprint density at radius 1 is 1.27 bits per heavy atom. The summed E-state index contributed by atoms with van der Waals surface area (Å²) in [4.78, 5) is 12.4. The number of hydrogen-bond acceptors (Lipinski definition) is 1. The molecule has 0 spiro atoms. The number of amides is 1. The Bertz CT molecular complexity index is 703. The standard InChI is InChI=1S/C17H14BrF2NO/c1-2-4-14(11-5-3-6-12(19)9-11)17(22)21-13-7-8-15(18)16(20)10-13/h2-3,5-10,14H,1,4H2,(H,21,22). The van der Waals surface area contributed by atoms with E-state index in [1.54, 1.807) is 24.3 Å². The third-order valence-electron chi connectivity index (χ3n) is 3.16. The van der Waals surface area contributed by atoms with Crippen LogP contribution in [0.5, 0.6) is 0 Å². The summed E-state index contributed by atoms with van der Waals surface area (Å²) in [6, 6.07) is 10.2. The number of allylic oxidation sites excluding steroid dienone is 1. The van der Waals surface area contributed by atoms with Crippen LogP contribution in [0.2, 0.25) is 0 Å². The molecule has 2 aromatic carbocycles. The van der Waals surface area contributed by atoms with E-state index in [1.807, 2.05) is 0 Å². The van der Waals surface area contributed by atoms with Crippen molar-refractivity contribution < 1.29 is 13.6 Å². The van der Waals surface area contributed by atoms with Crippen LogP contribution in [0.25, 0.3) is 0 Å². The summed E-state index contributed by atoms with van der Waals surface area (Å²) >= 11 is 3.05. The van der Waals surface area contributed by atoms with E-state index in [4.69, 9.17) is 0 Å². The summed E-state index contributed by atoms with van der Waals surface area (Å²) in [5.74, 6) is -1.80. The number of halogens is 3. The largest absolute Gasteiger partial charge is 0.325 e. The number of nitrogens with one attached hydrogen (secondary N) is 1. The molecule has 0 saturated carbocycles. The minimum atomic E-state index is -0.583. The smallest absolute Gasteiger partial charge is 0.232 e. The molecule has 0 aliphatic rings. The van der Waals surface area contributed by atoms with E-state index >= 15 is 0 Å². The third-order valence-corrected chi connectivity index (χ3v) is 3.80. The van der Waals surface area contributed by atoms with Crippen molar-refractivity contribution in [2.75, 3.05) is 5.32 Å². The lowest BCUT2D eigenvalue weighted by Crippen LogP contribution is -2.21. The van der Waals surface area contributed by atoms with Gasteiger partial charge in [-0.25, -0.2) is 8.78 Å². The van der Waals surface area contributed by atoms with E-state index in [0.717, 1.165) is 0 Å². The Balaban J connectivity index is 2.22. The summed E-state index contributed by atoms with van der Waals surface area (Å²) in [5.41, 5.74) is 0.895. The van der Waals surface area contributed by atoms with Crippen LogP contribution in [0.3, 0.4) is 0 Å². The number of hydrogen-bond donors (Lipinski definition) is 1. The predicted molar refractivity (Wildman–Crippen MR) is 86.7 cm³/mol.